The van der Waals surface area contributed by atoms with E-state index in [-0.39, 0.29) is 42.2 Å². The summed E-state index contributed by atoms with van der Waals surface area (Å²) in [6.07, 6.45) is 0.133. The molecule has 206 valence electrons. The van der Waals surface area contributed by atoms with Gasteiger partial charge in [-0.25, -0.2) is 22.4 Å². The predicted octanol–water partition coefficient (Wildman–Crippen LogP) is 3.95. The highest BCUT2D eigenvalue weighted by Crippen LogP contribution is 2.29. The zero-order valence-electron chi connectivity index (χ0n) is 20.9. The molecule has 38 heavy (non-hydrogen) atoms. The molecule has 0 bridgehead atoms. The van der Waals surface area contributed by atoms with Crippen LogP contribution in [0.5, 0.6) is 5.75 Å². The van der Waals surface area contributed by atoms with Crippen LogP contribution in [0.4, 0.5) is 17.6 Å². The zero-order valence-corrected chi connectivity index (χ0v) is 21.7. The topological polar surface area (TPSA) is 105 Å². The van der Waals surface area contributed by atoms with Gasteiger partial charge in [0.25, 0.3) is 5.91 Å². The van der Waals surface area contributed by atoms with E-state index in [2.05, 4.69) is 11.9 Å². The van der Waals surface area contributed by atoms with Gasteiger partial charge in [0.2, 0.25) is 0 Å². The Bertz CT molecular complexity index is 1230. The molecule has 1 fully saturated rings. The van der Waals surface area contributed by atoms with Crippen molar-refractivity contribution in [3.05, 3.63) is 77.0 Å². The van der Waals surface area contributed by atoms with E-state index in [9.17, 15) is 27.2 Å². The first kappa shape index (κ1) is 29.3. The number of hydrogen-bond acceptors (Lipinski definition) is 6. The lowest BCUT2D eigenvalue weighted by atomic mass is 10.0. The van der Waals surface area contributed by atoms with Gasteiger partial charge in [-0.3, -0.25) is 4.79 Å². The number of carbonyl (C=O) groups is 2. The molecule has 0 aliphatic carbocycles. The van der Waals surface area contributed by atoms with Crippen LogP contribution in [0.15, 0.2) is 42.6 Å². The number of carboxylic acids is 1. The van der Waals surface area contributed by atoms with Crippen LogP contribution in [0.1, 0.15) is 31.4 Å². The monoisotopic (exact) mass is 555 g/mol. The molecule has 0 radical (unpaired) electrons. The summed E-state index contributed by atoms with van der Waals surface area (Å²) in [5, 5.41) is 11.2. The average Bonchev–Trinajstić information content (AvgIpc) is 3.32. The molecular weight excluding hydrogens is 526 g/mol. The number of nitrogens with zero attached hydrogens (tertiary/aromatic N) is 1. The number of nitrogens with two attached hydrogens (primary N) is 1. The van der Waals surface area contributed by atoms with Gasteiger partial charge in [-0.15, -0.1) is 11.8 Å². The van der Waals surface area contributed by atoms with Gasteiger partial charge in [0.1, 0.15) is 17.4 Å². The molecule has 1 heterocycles. The molecule has 3 rings (SSSR count). The molecule has 2 aromatic rings. The summed E-state index contributed by atoms with van der Waals surface area (Å²) in [6, 6.07) is 4.48. The first-order valence-electron chi connectivity index (χ1n) is 11.7. The van der Waals surface area contributed by atoms with Crippen LogP contribution in [0, 0.1) is 23.3 Å². The average molecular weight is 556 g/mol. The van der Waals surface area contributed by atoms with Gasteiger partial charge in [0.05, 0.1) is 0 Å². The molecule has 2 unspecified atom stereocenters. The maximum Gasteiger partial charge on any atom is 0.347 e. The summed E-state index contributed by atoms with van der Waals surface area (Å²) >= 11 is 1.37. The van der Waals surface area contributed by atoms with Crippen molar-refractivity contribution in [1.29, 1.82) is 0 Å². The molecule has 1 amide bonds. The molecular formula is C26H29F4N3O4S. The van der Waals surface area contributed by atoms with Gasteiger partial charge in [-0.05, 0) is 38.0 Å². The van der Waals surface area contributed by atoms with Gasteiger partial charge in [-0.2, -0.15) is 0 Å². The van der Waals surface area contributed by atoms with Gasteiger partial charge in [0, 0.05) is 54.7 Å². The standard InChI is InChI=1S/C26H29F4N3O4S/c1-14(8-17(31)9-16-10-21(29)22(30)12-20(16)28)33-6-7-38-24(33)23(34)32-13-15-4-5-18(11-19(15)27)37-26(2,3)25(35)36/h4-5,10-12,17,24H,1,6-9,13,31H2,2-3H3,(H,32,34)(H,35,36). The van der Waals surface area contributed by atoms with Crippen molar-refractivity contribution in [2.75, 3.05) is 12.3 Å². The lowest BCUT2D eigenvalue weighted by Crippen LogP contribution is -2.42. The number of aliphatic carboxylic acids is 1. The van der Waals surface area contributed by atoms with Crippen LogP contribution in [0.25, 0.3) is 0 Å². The largest absolute Gasteiger partial charge is 0.478 e. The summed E-state index contributed by atoms with van der Waals surface area (Å²) in [5.74, 6) is -4.91. The number of nitrogens with one attached hydrogen (secondary N) is 1. The first-order valence-corrected chi connectivity index (χ1v) is 12.8. The highest BCUT2D eigenvalue weighted by atomic mass is 32.2. The van der Waals surface area contributed by atoms with E-state index in [1.54, 1.807) is 4.90 Å². The Morgan fingerprint density at radius 2 is 1.82 bits per heavy atom. The Labute approximate surface area is 222 Å². The number of hydrogen-bond donors (Lipinski definition) is 3. The van der Waals surface area contributed by atoms with Crippen molar-refractivity contribution in [2.24, 2.45) is 5.73 Å². The second-order valence-electron chi connectivity index (χ2n) is 9.40. The predicted molar refractivity (Wildman–Crippen MR) is 135 cm³/mol. The van der Waals surface area contributed by atoms with E-state index >= 15 is 0 Å². The third kappa shape index (κ3) is 7.19. The van der Waals surface area contributed by atoms with E-state index in [4.69, 9.17) is 15.6 Å². The molecule has 1 aliphatic heterocycles. The minimum absolute atomic E-state index is 0.0402. The summed E-state index contributed by atoms with van der Waals surface area (Å²) in [7, 11) is 0. The highest BCUT2D eigenvalue weighted by Gasteiger charge is 2.33. The number of ether oxygens (including phenoxy) is 1. The second kappa shape index (κ2) is 12.1. The Balaban J connectivity index is 1.56. The van der Waals surface area contributed by atoms with Crippen LogP contribution >= 0.6 is 11.8 Å². The van der Waals surface area contributed by atoms with Crippen molar-refractivity contribution >= 4 is 23.6 Å². The Morgan fingerprint density at radius 1 is 1.16 bits per heavy atom. The van der Waals surface area contributed by atoms with Crippen molar-refractivity contribution in [1.82, 2.24) is 10.2 Å². The van der Waals surface area contributed by atoms with Crippen molar-refractivity contribution in [3.63, 3.8) is 0 Å². The lowest BCUT2D eigenvalue weighted by Gasteiger charge is -2.28. The van der Waals surface area contributed by atoms with Gasteiger partial charge in [0.15, 0.2) is 22.6 Å². The van der Waals surface area contributed by atoms with Gasteiger partial charge in [-0.1, -0.05) is 12.6 Å². The minimum Gasteiger partial charge on any atom is -0.478 e. The van der Waals surface area contributed by atoms with Crippen molar-refractivity contribution in [3.8, 4) is 5.75 Å². The molecule has 4 N–H and O–H groups in total. The summed E-state index contributed by atoms with van der Waals surface area (Å²) in [5.41, 5.74) is 5.22. The third-order valence-electron chi connectivity index (χ3n) is 5.96. The molecule has 12 heteroatoms. The van der Waals surface area contributed by atoms with Crippen LogP contribution in [-0.2, 0) is 22.6 Å². The Kier molecular flexibility index (Phi) is 9.31. The van der Waals surface area contributed by atoms with E-state index in [1.165, 1.54) is 37.7 Å². The van der Waals surface area contributed by atoms with Crippen LogP contribution < -0.4 is 15.8 Å². The van der Waals surface area contributed by atoms with Crippen molar-refractivity contribution in [2.45, 2.75) is 50.3 Å². The van der Waals surface area contributed by atoms with E-state index < -0.39 is 46.3 Å². The maximum absolute atomic E-state index is 14.6. The fraction of sp³-hybridized carbons (Fsp3) is 0.385. The molecule has 0 saturated carbocycles. The van der Waals surface area contributed by atoms with Gasteiger partial charge >= 0.3 is 5.97 Å². The van der Waals surface area contributed by atoms with Gasteiger partial charge < -0.3 is 25.8 Å². The fourth-order valence-electron chi connectivity index (χ4n) is 3.85. The first-order chi connectivity index (χ1) is 17.8. The van der Waals surface area contributed by atoms with E-state index in [0.717, 1.165) is 12.1 Å². The number of thioether (sulfide) groups is 1. The smallest absolute Gasteiger partial charge is 0.347 e. The SMILES string of the molecule is C=C(CC(N)Cc1cc(F)c(F)cc1F)N1CCSC1C(=O)NCc1ccc(OC(C)(C)C(=O)O)cc1F. The summed E-state index contributed by atoms with van der Waals surface area (Å²) in [4.78, 5) is 25.8. The molecule has 0 spiro atoms. The van der Waals surface area contributed by atoms with Crippen LogP contribution in [0.2, 0.25) is 0 Å². The number of amides is 1. The van der Waals surface area contributed by atoms with E-state index in [0.29, 0.717) is 24.1 Å². The summed E-state index contributed by atoms with van der Waals surface area (Å²) in [6.45, 7) is 7.08. The molecule has 1 aliphatic rings. The Hall–Kier alpha value is -3.25. The summed E-state index contributed by atoms with van der Waals surface area (Å²) < 4.78 is 60.5. The lowest BCUT2D eigenvalue weighted by molar-refractivity contribution is -0.152. The fourth-order valence-corrected chi connectivity index (χ4v) is 5.04. The van der Waals surface area contributed by atoms with E-state index in [1.807, 2.05) is 0 Å². The number of rotatable bonds is 11. The van der Waals surface area contributed by atoms with Crippen molar-refractivity contribution < 1.29 is 37.0 Å². The zero-order chi connectivity index (χ0) is 28.2. The normalized spacial score (nSPS) is 16.3. The molecule has 0 aromatic heterocycles. The molecule has 2 atom stereocenters. The number of carboxylic acid groups (broad SMARTS) is 1. The third-order valence-corrected chi connectivity index (χ3v) is 7.16. The number of halogens is 4. The quantitative estimate of drug-likeness (QED) is 0.285. The number of benzene rings is 2. The minimum atomic E-state index is -1.54. The van der Waals surface area contributed by atoms with Crippen LogP contribution in [0.3, 0.4) is 0 Å². The number of carbonyl (C=O) groups excluding carboxylic acids is 1. The molecule has 1 saturated heterocycles. The highest BCUT2D eigenvalue weighted by molar-refractivity contribution is 8.00. The molecule has 7 nitrogen and oxygen atoms in total. The van der Waals surface area contributed by atoms with Crippen LogP contribution in [-0.4, -0.2) is 51.2 Å². The molecule has 2 aromatic carbocycles. The Morgan fingerprint density at radius 3 is 2.47 bits per heavy atom. The maximum atomic E-state index is 14.6. The second-order valence-corrected chi connectivity index (χ2v) is 10.6.